The van der Waals surface area contributed by atoms with Crippen molar-refractivity contribution in [3.8, 4) is 17.1 Å². The summed E-state index contributed by atoms with van der Waals surface area (Å²) in [6, 6.07) is 16.2. The highest BCUT2D eigenvalue weighted by Gasteiger charge is 2.22. The minimum absolute atomic E-state index is 0.171. The SMILES string of the molecule is CCOC(=O)c1cnn2c(N(C)Cc3ccccc3)cc(-c3cn(C(C)C)c4nc(OC)ccc34)nc12. The van der Waals surface area contributed by atoms with E-state index in [0.29, 0.717) is 29.3 Å². The summed E-state index contributed by atoms with van der Waals surface area (Å²) in [6.45, 7) is 6.92. The number of aromatic nitrogens is 5. The molecule has 9 nitrogen and oxygen atoms in total. The van der Waals surface area contributed by atoms with Gasteiger partial charge in [-0.25, -0.2) is 9.78 Å². The zero-order valence-electron chi connectivity index (χ0n) is 21.7. The first kappa shape index (κ1) is 24.3. The van der Waals surface area contributed by atoms with Crippen LogP contribution in [-0.4, -0.2) is 50.9 Å². The Morgan fingerprint density at radius 1 is 1.08 bits per heavy atom. The monoisotopic (exact) mass is 498 g/mol. The van der Waals surface area contributed by atoms with Crippen LogP contribution in [0, 0.1) is 0 Å². The number of pyridine rings is 1. The molecular weight excluding hydrogens is 468 g/mol. The smallest absolute Gasteiger partial charge is 0.343 e. The maximum atomic E-state index is 12.8. The molecule has 4 heterocycles. The van der Waals surface area contributed by atoms with Crippen molar-refractivity contribution in [2.24, 2.45) is 0 Å². The molecule has 0 amide bonds. The first-order valence-corrected chi connectivity index (χ1v) is 12.3. The molecule has 0 N–H and O–H groups in total. The molecule has 0 radical (unpaired) electrons. The van der Waals surface area contributed by atoms with Gasteiger partial charge in [-0.15, -0.1) is 0 Å². The lowest BCUT2D eigenvalue weighted by Crippen LogP contribution is -2.20. The third kappa shape index (κ3) is 4.48. The maximum absolute atomic E-state index is 12.8. The summed E-state index contributed by atoms with van der Waals surface area (Å²) in [6.07, 6.45) is 3.58. The Hall–Kier alpha value is -4.40. The third-order valence-electron chi connectivity index (χ3n) is 6.30. The van der Waals surface area contributed by atoms with Crippen LogP contribution in [0.1, 0.15) is 42.7 Å². The van der Waals surface area contributed by atoms with E-state index in [2.05, 4.69) is 46.7 Å². The van der Waals surface area contributed by atoms with Crippen LogP contribution in [0.4, 0.5) is 5.82 Å². The zero-order chi connectivity index (χ0) is 26.1. The summed E-state index contributed by atoms with van der Waals surface area (Å²) in [5.41, 5.74) is 4.35. The lowest BCUT2D eigenvalue weighted by molar-refractivity contribution is 0.0528. The molecule has 190 valence electrons. The number of carbonyl (C=O) groups is 1. The number of benzene rings is 1. The van der Waals surface area contributed by atoms with Crippen LogP contribution in [0.5, 0.6) is 5.88 Å². The number of ether oxygens (including phenoxy) is 2. The van der Waals surface area contributed by atoms with Crippen molar-refractivity contribution in [1.29, 1.82) is 0 Å². The highest BCUT2D eigenvalue weighted by atomic mass is 16.5. The highest BCUT2D eigenvalue weighted by molar-refractivity contribution is 5.98. The summed E-state index contributed by atoms with van der Waals surface area (Å²) >= 11 is 0. The number of methoxy groups -OCH3 is 1. The van der Waals surface area contributed by atoms with Crippen molar-refractivity contribution < 1.29 is 14.3 Å². The maximum Gasteiger partial charge on any atom is 0.343 e. The van der Waals surface area contributed by atoms with Crippen LogP contribution in [0.2, 0.25) is 0 Å². The lowest BCUT2D eigenvalue weighted by atomic mass is 10.1. The second-order valence-corrected chi connectivity index (χ2v) is 9.12. The van der Waals surface area contributed by atoms with E-state index in [1.54, 1.807) is 18.5 Å². The predicted molar refractivity (Wildman–Crippen MR) is 143 cm³/mol. The quantitative estimate of drug-likeness (QED) is 0.274. The Morgan fingerprint density at radius 2 is 1.86 bits per heavy atom. The van der Waals surface area contributed by atoms with Gasteiger partial charge in [0.15, 0.2) is 5.65 Å². The van der Waals surface area contributed by atoms with E-state index in [4.69, 9.17) is 19.4 Å². The standard InChI is InChI=1S/C28H30N6O3/c1-6-37-28(35)21-15-29-34-25(32(4)16-19-10-8-7-9-11-19)14-23(30-27(21)34)22-17-33(18(2)3)26-20(22)12-13-24(31-26)36-5/h7-15,17-18H,6,16H2,1-5H3. The van der Waals surface area contributed by atoms with Gasteiger partial charge in [0, 0.05) is 48.9 Å². The Balaban J connectivity index is 1.73. The molecule has 0 spiro atoms. The minimum atomic E-state index is -0.449. The molecule has 37 heavy (non-hydrogen) atoms. The molecular formula is C28H30N6O3. The van der Waals surface area contributed by atoms with Crippen molar-refractivity contribution in [3.63, 3.8) is 0 Å². The van der Waals surface area contributed by atoms with Crippen LogP contribution < -0.4 is 9.64 Å². The Bertz CT molecular complexity index is 1570. The summed E-state index contributed by atoms with van der Waals surface area (Å²) in [4.78, 5) is 24.5. The van der Waals surface area contributed by atoms with Crippen LogP contribution in [0.3, 0.4) is 0 Å². The van der Waals surface area contributed by atoms with E-state index in [-0.39, 0.29) is 12.6 Å². The molecule has 0 aliphatic heterocycles. The van der Waals surface area contributed by atoms with Gasteiger partial charge in [0.2, 0.25) is 5.88 Å². The van der Waals surface area contributed by atoms with Gasteiger partial charge in [-0.2, -0.15) is 14.6 Å². The number of hydrogen-bond donors (Lipinski definition) is 0. The second kappa shape index (κ2) is 9.93. The Kier molecular flexibility index (Phi) is 6.52. The van der Waals surface area contributed by atoms with Crippen molar-refractivity contribution >= 4 is 28.5 Å². The summed E-state index contributed by atoms with van der Waals surface area (Å²) in [5, 5.41) is 5.46. The fourth-order valence-electron chi connectivity index (χ4n) is 4.47. The first-order chi connectivity index (χ1) is 17.9. The Labute approximate surface area is 215 Å². The topological polar surface area (TPSA) is 86.8 Å². The molecule has 0 fully saturated rings. The number of esters is 1. The third-order valence-corrected chi connectivity index (χ3v) is 6.30. The number of hydrogen-bond acceptors (Lipinski definition) is 7. The van der Waals surface area contributed by atoms with Crippen molar-refractivity contribution in [2.45, 2.75) is 33.4 Å². The summed E-state index contributed by atoms with van der Waals surface area (Å²) in [5.74, 6) is 0.896. The molecule has 5 aromatic rings. The van der Waals surface area contributed by atoms with Crippen molar-refractivity contribution in [1.82, 2.24) is 24.1 Å². The second-order valence-electron chi connectivity index (χ2n) is 9.12. The normalized spacial score (nSPS) is 11.4. The summed E-state index contributed by atoms with van der Waals surface area (Å²) < 4.78 is 14.5. The Morgan fingerprint density at radius 3 is 2.57 bits per heavy atom. The van der Waals surface area contributed by atoms with E-state index in [1.165, 1.54) is 6.20 Å². The number of anilines is 1. The lowest BCUT2D eigenvalue weighted by Gasteiger charge is -2.21. The molecule has 5 rings (SSSR count). The summed E-state index contributed by atoms with van der Waals surface area (Å²) in [7, 11) is 3.61. The van der Waals surface area contributed by atoms with Gasteiger partial charge in [0.1, 0.15) is 17.0 Å². The van der Waals surface area contributed by atoms with Gasteiger partial charge in [0.25, 0.3) is 0 Å². The molecule has 0 aliphatic rings. The van der Waals surface area contributed by atoms with E-state index >= 15 is 0 Å². The molecule has 1 aromatic carbocycles. The van der Waals surface area contributed by atoms with Gasteiger partial charge in [-0.05, 0) is 32.4 Å². The van der Waals surface area contributed by atoms with Crippen LogP contribution >= 0.6 is 0 Å². The molecule has 0 atom stereocenters. The average molecular weight is 499 g/mol. The molecule has 0 aliphatic carbocycles. The van der Waals surface area contributed by atoms with Gasteiger partial charge < -0.3 is 18.9 Å². The average Bonchev–Trinajstić information content (AvgIpc) is 3.50. The van der Waals surface area contributed by atoms with Gasteiger partial charge in [-0.3, -0.25) is 0 Å². The van der Waals surface area contributed by atoms with Gasteiger partial charge in [0.05, 0.1) is 25.6 Å². The van der Waals surface area contributed by atoms with Gasteiger partial charge >= 0.3 is 5.97 Å². The van der Waals surface area contributed by atoms with E-state index in [1.807, 2.05) is 43.4 Å². The number of rotatable bonds is 8. The molecule has 0 saturated carbocycles. The van der Waals surface area contributed by atoms with E-state index < -0.39 is 5.97 Å². The molecule has 4 aromatic heterocycles. The number of carbonyl (C=O) groups excluding carboxylic acids is 1. The van der Waals surface area contributed by atoms with Crippen LogP contribution in [-0.2, 0) is 11.3 Å². The molecule has 0 saturated heterocycles. The van der Waals surface area contributed by atoms with E-state index in [9.17, 15) is 4.79 Å². The molecule has 9 heteroatoms. The number of fused-ring (bicyclic) bond motifs is 2. The fourth-order valence-corrected chi connectivity index (χ4v) is 4.47. The molecule has 0 unspecified atom stereocenters. The largest absolute Gasteiger partial charge is 0.481 e. The van der Waals surface area contributed by atoms with Crippen LogP contribution in [0.15, 0.2) is 60.9 Å². The zero-order valence-corrected chi connectivity index (χ0v) is 21.7. The minimum Gasteiger partial charge on any atom is -0.481 e. The number of nitrogens with zero attached hydrogens (tertiary/aromatic N) is 6. The van der Waals surface area contributed by atoms with Crippen LogP contribution in [0.25, 0.3) is 27.9 Å². The highest BCUT2D eigenvalue weighted by Crippen LogP contribution is 2.34. The van der Waals surface area contributed by atoms with Crippen molar-refractivity contribution in [2.75, 3.05) is 25.7 Å². The predicted octanol–water partition coefficient (Wildman–Crippen LogP) is 5.15. The molecule has 0 bridgehead atoms. The van der Waals surface area contributed by atoms with E-state index in [0.717, 1.165) is 28.0 Å². The van der Waals surface area contributed by atoms with Crippen molar-refractivity contribution in [3.05, 3.63) is 72.1 Å². The van der Waals surface area contributed by atoms with Gasteiger partial charge in [-0.1, -0.05) is 30.3 Å². The fraction of sp³-hybridized carbons (Fsp3) is 0.286. The first-order valence-electron chi connectivity index (χ1n) is 12.3.